The number of rotatable bonds is 3. The average molecular weight is 318 g/mol. The Bertz CT molecular complexity index is 856. The molecule has 2 N–H and O–H groups in total. The maximum absolute atomic E-state index is 12.5. The van der Waals surface area contributed by atoms with Crippen LogP contribution in [-0.4, -0.2) is 18.1 Å². The van der Waals surface area contributed by atoms with Gasteiger partial charge >= 0.3 is 0 Å². The van der Waals surface area contributed by atoms with Crippen LogP contribution in [0.2, 0.25) is 5.02 Å². The van der Waals surface area contributed by atoms with E-state index >= 15 is 0 Å². The Labute approximate surface area is 131 Å². The summed E-state index contributed by atoms with van der Waals surface area (Å²) in [5, 5.41) is 13.9. The maximum atomic E-state index is 12.5. The van der Waals surface area contributed by atoms with Gasteiger partial charge in [-0.2, -0.15) is 0 Å². The van der Waals surface area contributed by atoms with Crippen LogP contribution in [-0.2, 0) is 0 Å². The molecular weight excluding hydrogens is 306 g/mol. The third-order valence-corrected chi connectivity index (χ3v) is 3.44. The number of hydrogen-bond acceptors (Lipinski definition) is 4. The summed E-state index contributed by atoms with van der Waals surface area (Å²) in [5.41, 5.74) is 0.997. The minimum Gasteiger partial charge on any atom is -0.507 e. The molecule has 1 amide bonds. The number of aromatic hydroxyl groups is 1. The first-order valence-electron chi connectivity index (χ1n) is 6.44. The van der Waals surface area contributed by atoms with Gasteiger partial charge in [-0.15, -0.1) is 0 Å². The summed E-state index contributed by atoms with van der Waals surface area (Å²) in [5.74, 6) is -0.471. The van der Waals surface area contributed by atoms with Crippen LogP contribution >= 0.6 is 11.6 Å². The summed E-state index contributed by atoms with van der Waals surface area (Å²) in [6.07, 6.45) is 1.46. The molecule has 0 saturated carbocycles. The van der Waals surface area contributed by atoms with Crippen LogP contribution in [0.25, 0.3) is 11.0 Å². The van der Waals surface area contributed by atoms with E-state index in [0.29, 0.717) is 21.7 Å². The standard InChI is InChI=1S/C16H12ClNO4/c1-21-15-11-5-6-22-13(11)8-12(19)14(15)16(20)18-10-4-2-3-9(17)7-10/h2-8,19H,1H3,(H,18,20). The summed E-state index contributed by atoms with van der Waals surface area (Å²) >= 11 is 5.89. The highest BCUT2D eigenvalue weighted by molar-refractivity contribution is 6.31. The minimum absolute atomic E-state index is 0.0383. The molecule has 0 unspecified atom stereocenters. The van der Waals surface area contributed by atoms with Crippen molar-refractivity contribution < 1.29 is 19.1 Å². The molecule has 5 nitrogen and oxygen atoms in total. The molecule has 0 atom stereocenters. The molecule has 3 rings (SSSR count). The number of phenolic OH excluding ortho intramolecular Hbond substituents is 1. The molecule has 1 heterocycles. The number of ether oxygens (including phenoxy) is 1. The lowest BCUT2D eigenvalue weighted by Crippen LogP contribution is -2.13. The molecule has 0 bridgehead atoms. The van der Waals surface area contributed by atoms with Crippen LogP contribution < -0.4 is 10.1 Å². The van der Waals surface area contributed by atoms with E-state index in [1.165, 1.54) is 19.4 Å². The van der Waals surface area contributed by atoms with Gasteiger partial charge in [0.05, 0.1) is 18.8 Å². The minimum atomic E-state index is -0.500. The Kier molecular flexibility index (Phi) is 3.65. The highest BCUT2D eigenvalue weighted by atomic mass is 35.5. The number of phenols is 1. The van der Waals surface area contributed by atoms with Crippen molar-refractivity contribution in [2.24, 2.45) is 0 Å². The Balaban J connectivity index is 2.05. The number of carbonyl (C=O) groups is 1. The van der Waals surface area contributed by atoms with Crippen LogP contribution in [0.15, 0.2) is 47.1 Å². The quantitative estimate of drug-likeness (QED) is 0.764. The van der Waals surface area contributed by atoms with Gasteiger partial charge in [-0.25, -0.2) is 0 Å². The predicted octanol–water partition coefficient (Wildman–Crippen LogP) is 4.05. The molecular formula is C16H12ClNO4. The van der Waals surface area contributed by atoms with Gasteiger partial charge in [0.25, 0.3) is 5.91 Å². The number of hydrogen-bond donors (Lipinski definition) is 2. The number of furan rings is 1. The molecule has 2 aromatic carbocycles. The number of methoxy groups -OCH3 is 1. The second kappa shape index (κ2) is 5.61. The molecule has 0 saturated heterocycles. The van der Waals surface area contributed by atoms with Crippen molar-refractivity contribution in [3.05, 3.63) is 53.2 Å². The van der Waals surface area contributed by atoms with Gasteiger partial charge in [0.1, 0.15) is 22.6 Å². The van der Waals surface area contributed by atoms with Gasteiger partial charge in [0.15, 0.2) is 0 Å². The Morgan fingerprint density at radius 3 is 2.86 bits per heavy atom. The normalized spacial score (nSPS) is 10.6. The highest BCUT2D eigenvalue weighted by Gasteiger charge is 2.22. The summed E-state index contributed by atoms with van der Waals surface area (Å²) in [6, 6.07) is 9.78. The van der Waals surface area contributed by atoms with Gasteiger partial charge in [-0.1, -0.05) is 17.7 Å². The summed E-state index contributed by atoms with van der Waals surface area (Å²) in [7, 11) is 1.43. The fourth-order valence-corrected chi connectivity index (χ4v) is 2.45. The number of carbonyl (C=O) groups excluding carboxylic acids is 1. The van der Waals surface area contributed by atoms with Gasteiger partial charge in [0, 0.05) is 16.8 Å². The van der Waals surface area contributed by atoms with Crippen molar-refractivity contribution in [3.63, 3.8) is 0 Å². The van der Waals surface area contributed by atoms with E-state index in [9.17, 15) is 9.90 Å². The zero-order valence-electron chi connectivity index (χ0n) is 11.6. The van der Waals surface area contributed by atoms with E-state index in [4.69, 9.17) is 20.8 Å². The van der Waals surface area contributed by atoms with E-state index in [-0.39, 0.29) is 17.1 Å². The topological polar surface area (TPSA) is 71.7 Å². The van der Waals surface area contributed by atoms with Crippen molar-refractivity contribution in [1.29, 1.82) is 0 Å². The highest BCUT2D eigenvalue weighted by Crippen LogP contribution is 2.37. The van der Waals surface area contributed by atoms with Crippen molar-refractivity contribution in [2.45, 2.75) is 0 Å². The molecule has 0 aliphatic heterocycles. The zero-order chi connectivity index (χ0) is 15.7. The van der Waals surface area contributed by atoms with Crippen LogP contribution in [0.5, 0.6) is 11.5 Å². The van der Waals surface area contributed by atoms with E-state index < -0.39 is 5.91 Å². The Morgan fingerprint density at radius 2 is 2.14 bits per heavy atom. The van der Waals surface area contributed by atoms with Crippen LogP contribution in [0.1, 0.15) is 10.4 Å². The first kappa shape index (κ1) is 14.3. The third kappa shape index (κ3) is 2.46. The van der Waals surface area contributed by atoms with Gasteiger partial charge in [0.2, 0.25) is 0 Å². The summed E-state index contributed by atoms with van der Waals surface area (Å²) in [6.45, 7) is 0. The predicted molar refractivity (Wildman–Crippen MR) is 83.8 cm³/mol. The summed E-state index contributed by atoms with van der Waals surface area (Å²) < 4.78 is 10.5. The number of amides is 1. The first-order chi connectivity index (χ1) is 10.6. The molecule has 0 aliphatic rings. The SMILES string of the molecule is COc1c(C(=O)Nc2cccc(Cl)c2)c(O)cc2occc12. The third-order valence-electron chi connectivity index (χ3n) is 3.20. The first-order valence-corrected chi connectivity index (χ1v) is 6.82. The second-order valence-corrected chi connectivity index (χ2v) is 5.04. The van der Waals surface area contributed by atoms with Gasteiger partial charge in [-0.3, -0.25) is 4.79 Å². The van der Waals surface area contributed by atoms with E-state index in [0.717, 1.165) is 0 Å². The Hall–Kier alpha value is -2.66. The molecule has 0 spiro atoms. The van der Waals surface area contributed by atoms with Crippen molar-refractivity contribution in [3.8, 4) is 11.5 Å². The number of halogens is 1. The van der Waals surface area contributed by atoms with Crippen molar-refractivity contribution in [1.82, 2.24) is 0 Å². The lowest BCUT2D eigenvalue weighted by atomic mass is 10.1. The monoisotopic (exact) mass is 317 g/mol. The average Bonchev–Trinajstić information content (AvgIpc) is 2.93. The molecule has 112 valence electrons. The number of benzene rings is 2. The van der Waals surface area contributed by atoms with Crippen molar-refractivity contribution in [2.75, 3.05) is 12.4 Å². The molecule has 3 aromatic rings. The van der Waals surface area contributed by atoms with Gasteiger partial charge in [-0.05, 0) is 24.3 Å². The van der Waals surface area contributed by atoms with E-state index in [1.54, 1.807) is 30.3 Å². The second-order valence-electron chi connectivity index (χ2n) is 4.60. The molecule has 6 heteroatoms. The van der Waals surface area contributed by atoms with E-state index in [1.807, 2.05) is 0 Å². The van der Waals surface area contributed by atoms with Crippen molar-refractivity contribution >= 4 is 34.2 Å². The van der Waals surface area contributed by atoms with E-state index in [2.05, 4.69) is 5.32 Å². The Morgan fingerprint density at radius 1 is 1.32 bits per heavy atom. The molecule has 0 aliphatic carbocycles. The molecule has 0 radical (unpaired) electrons. The lowest BCUT2D eigenvalue weighted by molar-refractivity contribution is 0.102. The fraction of sp³-hybridized carbons (Fsp3) is 0.0625. The fourth-order valence-electron chi connectivity index (χ4n) is 2.26. The summed E-state index contributed by atoms with van der Waals surface area (Å²) in [4.78, 5) is 12.5. The number of fused-ring (bicyclic) bond motifs is 1. The van der Waals surface area contributed by atoms with Crippen LogP contribution in [0.4, 0.5) is 5.69 Å². The molecule has 0 fully saturated rings. The number of nitrogens with one attached hydrogen (secondary N) is 1. The van der Waals surface area contributed by atoms with Crippen LogP contribution in [0, 0.1) is 0 Å². The van der Waals surface area contributed by atoms with Gasteiger partial charge < -0.3 is 19.6 Å². The van der Waals surface area contributed by atoms with Crippen LogP contribution in [0.3, 0.4) is 0 Å². The number of anilines is 1. The lowest BCUT2D eigenvalue weighted by Gasteiger charge is -2.12. The largest absolute Gasteiger partial charge is 0.507 e. The zero-order valence-corrected chi connectivity index (χ0v) is 12.3. The molecule has 1 aromatic heterocycles. The smallest absolute Gasteiger partial charge is 0.263 e. The molecule has 22 heavy (non-hydrogen) atoms. The maximum Gasteiger partial charge on any atom is 0.263 e.